The van der Waals surface area contributed by atoms with Crippen LogP contribution in [-0.4, -0.2) is 5.11 Å². The van der Waals surface area contributed by atoms with Gasteiger partial charge in [0, 0.05) is 5.02 Å². The lowest BCUT2D eigenvalue weighted by Gasteiger charge is -2.19. The van der Waals surface area contributed by atoms with E-state index in [1.54, 1.807) is 12.1 Å². The predicted octanol–water partition coefficient (Wildman–Crippen LogP) is 6.55. The minimum absolute atomic E-state index is 0.0991. The Hall–Kier alpha value is -1.29. The maximum absolute atomic E-state index is 6.15. The first-order valence-electron chi connectivity index (χ1n) is 8.03. The van der Waals surface area contributed by atoms with Crippen molar-refractivity contribution in [2.24, 2.45) is 0 Å². The maximum Gasteiger partial charge on any atom is 0.171 e. The fourth-order valence-electron chi connectivity index (χ4n) is 2.38. The van der Waals surface area contributed by atoms with E-state index < -0.39 is 0 Å². The third kappa shape index (κ3) is 5.10. The molecule has 2 rings (SSSR count). The third-order valence-corrected chi connectivity index (χ3v) is 4.91. The molecular weight excluding hydrogens is 359 g/mol. The molecule has 0 unspecified atom stereocenters. The SMILES string of the molecule is CC[C@H](C)c1ccc([C@@H](C)NC(=S)Nc2ccc(Cl)cc2Cl)cc1. The zero-order chi connectivity index (χ0) is 17.7. The van der Waals surface area contributed by atoms with Gasteiger partial charge in [-0.3, -0.25) is 0 Å². The van der Waals surface area contributed by atoms with Crippen molar-refractivity contribution in [3.8, 4) is 0 Å². The maximum atomic E-state index is 6.15. The average Bonchev–Trinajstić information content (AvgIpc) is 2.56. The van der Waals surface area contributed by atoms with E-state index in [1.807, 2.05) is 6.07 Å². The molecule has 5 heteroatoms. The van der Waals surface area contributed by atoms with Crippen molar-refractivity contribution in [2.45, 2.75) is 39.2 Å². The Kier molecular flexibility index (Phi) is 6.90. The topological polar surface area (TPSA) is 24.1 Å². The molecule has 128 valence electrons. The highest BCUT2D eigenvalue weighted by atomic mass is 35.5. The highest BCUT2D eigenvalue weighted by Gasteiger charge is 2.10. The molecule has 0 saturated carbocycles. The summed E-state index contributed by atoms with van der Waals surface area (Å²) in [5.41, 5.74) is 3.29. The van der Waals surface area contributed by atoms with Crippen LogP contribution in [0.3, 0.4) is 0 Å². The summed E-state index contributed by atoms with van der Waals surface area (Å²) in [4.78, 5) is 0. The summed E-state index contributed by atoms with van der Waals surface area (Å²) in [6.45, 7) is 6.52. The number of nitrogens with one attached hydrogen (secondary N) is 2. The van der Waals surface area contributed by atoms with Gasteiger partial charge < -0.3 is 10.6 Å². The molecule has 0 aliphatic carbocycles. The zero-order valence-corrected chi connectivity index (χ0v) is 16.4. The lowest BCUT2D eigenvalue weighted by Crippen LogP contribution is -2.31. The summed E-state index contributed by atoms with van der Waals surface area (Å²) in [5, 5.41) is 8.05. The van der Waals surface area contributed by atoms with E-state index in [1.165, 1.54) is 11.1 Å². The van der Waals surface area contributed by atoms with Crippen LogP contribution in [0.1, 0.15) is 50.3 Å². The highest BCUT2D eigenvalue weighted by molar-refractivity contribution is 7.80. The first-order valence-corrected chi connectivity index (χ1v) is 9.19. The van der Waals surface area contributed by atoms with Crippen molar-refractivity contribution in [1.29, 1.82) is 0 Å². The fourth-order valence-corrected chi connectivity index (χ4v) is 3.12. The standard InChI is InChI=1S/C19H22Cl2N2S/c1-4-12(2)14-5-7-15(8-6-14)13(3)22-19(24)23-18-10-9-16(20)11-17(18)21/h5-13H,4H2,1-3H3,(H2,22,23,24)/t12-,13+/m0/s1. The van der Waals surface area contributed by atoms with E-state index in [0.717, 1.165) is 12.1 Å². The molecule has 2 nitrogen and oxygen atoms in total. The van der Waals surface area contributed by atoms with Gasteiger partial charge in [0.2, 0.25) is 0 Å². The van der Waals surface area contributed by atoms with Gasteiger partial charge >= 0.3 is 0 Å². The second kappa shape index (κ2) is 8.70. The molecule has 0 radical (unpaired) electrons. The Morgan fingerprint density at radius 2 is 1.67 bits per heavy atom. The van der Waals surface area contributed by atoms with Crippen molar-refractivity contribution >= 4 is 46.2 Å². The normalized spacial score (nSPS) is 13.2. The van der Waals surface area contributed by atoms with Gasteiger partial charge in [0.25, 0.3) is 0 Å². The summed E-state index contributed by atoms with van der Waals surface area (Å²) in [7, 11) is 0. The molecule has 0 saturated heterocycles. The van der Waals surface area contributed by atoms with E-state index in [-0.39, 0.29) is 6.04 Å². The molecule has 0 aliphatic rings. The van der Waals surface area contributed by atoms with E-state index in [0.29, 0.717) is 21.1 Å². The van der Waals surface area contributed by atoms with Crippen LogP contribution in [0.5, 0.6) is 0 Å². The molecule has 0 aromatic heterocycles. The second-order valence-electron chi connectivity index (χ2n) is 5.92. The summed E-state index contributed by atoms with van der Waals surface area (Å²) in [5.74, 6) is 0.581. The molecular formula is C19H22Cl2N2S. The fraction of sp³-hybridized carbons (Fsp3) is 0.316. The van der Waals surface area contributed by atoms with Gasteiger partial charge in [0.1, 0.15) is 0 Å². The summed E-state index contributed by atoms with van der Waals surface area (Å²) in [6.07, 6.45) is 1.14. The second-order valence-corrected chi connectivity index (χ2v) is 7.17. The van der Waals surface area contributed by atoms with Crippen molar-refractivity contribution in [1.82, 2.24) is 5.32 Å². The minimum Gasteiger partial charge on any atom is -0.356 e. The van der Waals surface area contributed by atoms with E-state index in [2.05, 4.69) is 55.7 Å². The Morgan fingerprint density at radius 1 is 1.04 bits per heavy atom. The lowest BCUT2D eigenvalue weighted by atomic mass is 9.96. The molecule has 0 fully saturated rings. The van der Waals surface area contributed by atoms with Crippen LogP contribution in [0.15, 0.2) is 42.5 Å². The molecule has 0 spiro atoms. The quantitative estimate of drug-likeness (QED) is 0.574. The molecule has 0 amide bonds. The number of rotatable bonds is 5. The van der Waals surface area contributed by atoms with Gasteiger partial charge in [-0.05, 0) is 60.8 Å². The highest BCUT2D eigenvalue weighted by Crippen LogP contribution is 2.26. The summed E-state index contributed by atoms with van der Waals surface area (Å²) < 4.78 is 0. The molecule has 0 bridgehead atoms. The first-order chi connectivity index (χ1) is 11.4. The van der Waals surface area contributed by atoms with Crippen molar-refractivity contribution in [3.05, 3.63) is 63.6 Å². The number of benzene rings is 2. The molecule has 2 aromatic carbocycles. The van der Waals surface area contributed by atoms with E-state index in [9.17, 15) is 0 Å². The molecule has 24 heavy (non-hydrogen) atoms. The number of thiocarbonyl (C=S) groups is 1. The van der Waals surface area contributed by atoms with Gasteiger partial charge in [0.15, 0.2) is 5.11 Å². The average molecular weight is 381 g/mol. The van der Waals surface area contributed by atoms with Crippen molar-refractivity contribution < 1.29 is 0 Å². The van der Waals surface area contributed by atoms with Crippen molar-refractivity contribution in [3.63, 3.8) is 0 Å². The lowest BCUT2D eigenvalue weighted by molar-refractivity contribution is 0.713. The van der Waals surface area contributed by atoms with E-state index >= 15 is 0 Å². The van der Waals surface area contributed by atoms with Crippen LogP contribution >= 0.6 is 35.4 Å². The van der Waals surface area contributed by atoms with Gasteiger partial charge in [0.05, 0.1) is 16.8 Å². The monoisotopic (exact) mass is 380 g/mol. The largest absolute Gasteiger partial charge is 0.356 e. The predicted molar refractivity (Wildman–Crippen MR) is 109 cm³/mol. The van der Waals surface area contributed by atoms with Gasteiger partial charge in [-0.2, -0.15) is 0 Å². The third-order valence-electron chi connectivity index (χ3n) is 4.14. The Morgan fingerprint density at radius 3 is 2.25 bits per heavy atom. The first kappa shape index (κ1) is 19.0. The Labute approximate surface area is 159 Å². The van der Waals surface area contributed by atoms with Crippen molar-refractivity contribution in [2.75, 3.05) is 5.32 Å². The van der Waals surface area contributed by atoms with Gasteiger partial charge in [-0.1, -0.05) is 61.3 Å². The smallest absolute Gasteiger partial charge is 0.171 e. The van der Waals surface area contributed by atoms with Crippen LogP contribution < -0.4 is 10.6 Å². The van der Waals surface area contributed by atoms with Gasteiger partial charge in [-0.25, -0.2) is 0 Å². The molecule has 2 atom stereocenters. The van der Waals surface area contributed by atoms with Crippen LogP contribution in [-0.2, 0) is 0 Å². The molecule has 0 heterocycles. The Balaban J connectivity index is 1.98. The molecule has 2 aromatic rings. The number of anilines is 1. The van der Waals surface area contributed by atoms with E-state index in [4.69, 9.17) is 35.4 Å². The van der Waals surface area contributed by atoms with Crippen LogP contribution in [0, 0.1) is 0 Å². The molecule has 0 aliphatic heterocycles. The Bertz CT molecular complexity index is 701. The number of halogens is 2. The van der Waals surface area contributed by atoms with Crippen LogP contribution in [0.25, 0.3) is 0 Å². The summed E-state index contributed by atoms with van der Waals surface area (Å²) in [6, 6.07) is 14.0. The number of hydrogen-bond acceptors (Lipinski definition) is 1. The minimum atomic E-state index is 0.0991. The van der Waals surface area contributed by atoms with Crippen LogP contribution in [0.4, 0.5) is 5.69 Å². The zero-order valence-electron chi connectivity index (χ0n) is 14.1. The van der Waals surface area contributed by atoms with Crippen LogP contribution in [0.2, 0.25) is 10.0 Å². The summed E-state index contributed by atoms with van der Waals surface area (Å²) >= 11 is 17.4. The van der Waals surface area contributed by atoms with Gasteiger partial charge in [-0.15, -0.1) is 0 Å². The molecule has 2 N–H and O–H groups in total. The number of hydrogen-bond donors (Lipinski definition) is 2.